The molecule has 13 nitrogen and oxygen atoms in total. The van der Waals surface area contributed by atoms with Crippen molar-refractivity contribution in [3.05, 3.63) is 48.6 Å². The average Bonchev–Trinajstić information content (AvgIpc) is 3.23. The molecule has 0 radical (unpaired) electrons. The minimum Gasteiger partial charge on any atom is -0.462 e. The Morgan fingerprint density at radius 3 is 1.47 bits per heavy atom. The molecule has 1 aliphatic rings. The van der Waals surface area contributed by atoms with Crippen LogP contribution in [0.3, 0.4) is 0 Å². The van der Waals surface area contributed by atoms with Crippen molar-refractivity contribution in [3.63, 3.8) is 0 Å². The van der Waals surface area contributed by atoms with E-state index < -0.39 is 75.7 Å². The van der Waals surface area contributed by atoms with Crippen molar-refractivity contribution in [1.29, 1.82) is 0 Å². The number of carbonyl (C=O) groups excluding carboxylic acids is 2. The lowest BCUT2D eigenvalue weighted by atomic mass is 9.85. The molecule has 6 unspecified atom stereocenters. The number of hydrogen-bond acceptors (Lipinski definition) is 12. The van der Waals surface area contributed by atoms with E-state index in [2.05, 4.69) is 62.5 Å². The lowest BCUT2D eigenvalue weighted by Crippen LogP contribution is -2.64. The normalized spacial score (nSPS) is 22.6. The van der Waals surface area contributed by atoms with E-state index in [0.29, 0.717) is 12.8 Å². The lowest BCUT2D eigenvalue weighted by Gasteiger charge is -2.41. The van der Waals surface area contributed by atoms with Crippen molar-refractivity contribution in [2.75, 3.05) is 13.2 Å². The van der Waals surface area contributed by atoms with Gasteiger partial charge in [0.1, 0.15) is 43.2 Å². The number of phosphoric acid groups is 1. The number of esters is 2. The maximum Gasteiger partial charge on any atom is 0.472 e. The molecule has 1 saturated carbocycles. The van der Waals surface area contributed by atoms with Crippen LogP contribution in [0.2, 0.25) is 0 Å². The summed E-state index contributed by atoms with van der Waals surface area (Å²) in [6.07, 6.45) is 28.8. The molecule has 0 spiro atoms. The first kappa shape index (κ1) is 55.8. The summed E-state index contributed by atoms with van der Waals surface area (Å²) in [6, 6.07) is 0. The molecule has 0 bridgehead atoms. The highest BCUT2D eigenvalue weighted by Crippen LogP contribution is 2.47. The summed E-state index contributed by atoms with van der Waals surface area (Å²) in [5, 5.41) is 50.1. The number of hydrogen-bond donors (Lipinski definition) is 6. The van der Waals surface area contributed by atoms with Gasteiger partial charge in [0.2, 0.25) is 0 Å². The molecule has 0 heterocycles. The zero-order valence-electron chi connectivity index (χ0n) is 36.7. The molecule has 0 saturated heterocycles. The van der Waals surface area contributed by atoms with E-state index in [0.717, 1.165) is 89.9 Å². The highest BCUT2D eigenvalue weighted by atomic mass is 31.2. The van der Waals surface area contributed by atoms with Crippen molar-refractivity contribution in [2.24, 2.45) is 0 Å². The molecule has 0 aromatic rings. The zero-order valence-corrected chi connectivity index (χ0v) is 37.6. The molecule has 6 N–H and O–H groups in total. The third-order valence-corrected chi connectivity index (χ3v) is 11.4. The Morgan fingerprint density at radius 2 is 0.950 bits per heavy atom. The van der Waals surface area contributed by atoms with Gasteiger partial charge >= 0.3 is 19.8 Å². The predicted molar refractivity (Wildman–Crippen MR) is 235 cm³/mol. The van der Waals surface area contributed by atoms with Gasteiger partial charge in [0, 0.05) is 12.8 Å². The van der Waals surface area contributed by atoms with E-state index in [1.54, 1.807) is 0 Å². The van der Waals surface area contributed by atoms with Crippen molar-refractivity contribution in [2.45, 2.75) is 217 Å². The highest BCUT2D eigenvalue weighted by molar-refractivity contribution is 7.47. The number of aliphatic hydroxyl groups excluding tert-OH is 5. The Bertz CT molecular complexity index is 1240. The number of unbranched alkanes of at least 4 members (excludes halogenated alkanes) is 17. The van der Waals surface area contributed by atoms with Gasteiger partial charge in [0.25, 0.3) is 0 Å². The van der Waals surface area contributed by atoms with Crippen LogP contribution in [0.25, 0.3) is 0 Å². The van der Waals surface area contributed by atoms with Crippen LogP contribution in [0.15, 0.2) is 48.6 Å². The molecule has 348 valence electrons. The van der Waals surface area contributed by atoms with E-state index in [-0.39, 0.29) is 12.8 Å². The van der Waals surface area contributed by atoms with Crippen molar-refractivity contribution < 1.29 is 63.1 Å². The fraction of sp³-hybridized carbons (Fsp3) is 0.783. The largest absolute Gasteiger partial charge is 0.472 e. The number of carbonyl (C=O) groups is 2. The third kappa shape index (κ3) is 28.4. The molecule has 1 fully saturated rings. The average molecular weight is 873 g/mol. The summed E-state index contributed by atoms with van der Waals surface area (Å²) in [5.41, 5.74) is 0. The van der Waals surface area contributed by atoms with E-state index in [9.17, 15) is 44.6 Å². The van der Waals surface area contributed by atoms with Crippen LogP contribution >= 0.6 is 7.82 Å². The van der Waals surface area contributed by atoms with Gasteiger partial charge in [-0.1, -0.05) is 140 Å². The van der Waals surface area contributed by atoms with E-state index in [4.69, 9.17) is 18.5 Å². The van der Waals surface area contributed by atoms with E-state index >= 15 is 0 Å². The SMILES string of the molecule is CC/C=C\C/C=C\C/C=C\CCCCCCCC(=O)OC(COC(=O)CCCCCCC/C=C\CCCCCCCCC)COP(=O)(O)OC1C(O)C(O)C(O)C(O)C1O. The summed E-state index contributed by atoms with van der Waals surface area (Å²) < 4.78 is 33.5. The number of allylic oxidation sites excluding steroid dienone is 8. The first-order valence-corrected chi connectivity index (χ1v) is 24.4. The summed E-state index contributed by atoms with van der Waals surface area (Å²) >= 11 is 0. The van der Waals surface area contributed by atoms with Crippen LogP contribution in [-0.4, -0.2) is 98.3 Å². The van der Waals surface area contributed by atoms with Crippen LogP contribution in [0.1, 0.15) is 174 Å². The Balaban J connectivity index is 2.48. The van der Waals surface area contributed by atoms with Crippen LogP contribution < -0.4 is 0 Å². The van der Waals surface area contributed by atoms with E-state index in [1.165, 1.54) is 44.9 Å². The second-order valence-corrected chi connectivity index (χ2v) is 17.3. The molecule has 1 rings (SSSR count). The Hall–Kier alpha value is -2.19. The van der Waals surface area contributed by atoms with Crippen LogP contribution in [0.5, 0.6) is 0 Å². The molecular weight excluding hydrogens is 791 g/mol. The minimum absolute atomic E-state index is 0.0744. The minimum atomic E-state index is -5.12. The molecule has 0 amide bonds. The monoisotopic (exact) mass is 873 g/mol. The number of phosphoric ester groups is 1. The Labute approximate surface area is 360 Å². The molecule has 0 aromatic carbocycles. The predicted octanol–water partition coefficient (Wildman–Crippen LogP) is 8.78. The van der Waals surface area contributed by atoms with Gasteiger partial charge in [-0.05, 0) is 70.6 Å². The molecule has 0 aliphatic heterocycles. The van der Waals surface area contributed by atoms with Crippen molar-refractivity contribution >= 4 is 19.8 Å². The summed E-state index contributed by atoms with van der Waals surface area (Å²) in [6.45, 7) is 3.16. The fourth-order valence-electron chi connectivity index (χ4n) is 6.71. The number of aliphatic hydroxyl groups is 5. The standard InChI is InChI=1S/C46H81O13P/c1-3-5-7-9-11-13-15-17-19-21-22-24-26-28-30-32-34-39(47)56-36-38(37-57-60(54,55)59-46-44(52)42(50)41(49)43(51)45(46)53)58-40(48)35-33-31-29-27-25-23-20-18-16-14-12-10-8-6-4-2/h6,8,12,14,18-21,38,41-46,49-53H,3-5,7,9-11,13,15-17,22-37H2,1-2H3,(H,54,55)/b8-6-,14-12-,20-18-,21-19-. The van der Waals surface area contributed by atoms with Gasteiger partial charge < -0.3 is 39.9 Å². The number of ether oxygens (including phenoxy) is 2. The summed E-state index contributed by atoms with van der Waals surface area (Å²) in [7, 11) is -5.12. The van der Waals surface area contributed by atoms with Gasteiger partial charge in [-0.3, -0.25) is 18.6 Å². The maximum atomic E-state index is 12.8. The van der Waals surface area contributed by atoms with Crippen molar-refractivity contribution in [1.82, 2.24) is 0 Å². The highest BCUT2D eigenvalue weighted by Gasteiger charge is 2.51. The lowest BCUT2D eigenvalue weighted by molar-refractivity contribution is -0.220. The molecule has 6 atom stereocenters. The topological polar surface area (TPSA) is 210 Å². The first-order valence-electron chi connectivity index (χ1n) is 22.9. The van der Waals surface area contributed by atoms with Crippen molar-refractivity contribution in [3.8, 4) is 0 Å². The third-order valence-electron chi connectivity index (χ3n) is 10.4. The molecule has 1 aliphatic carbocycles. The van der Waals surface area contributed by atoms with Crippen LogP contribution in [0.4, 0.5) is 0 Å². The van der Waals surface area contributed by atoms with E-state index in [1.807, 2.05) is 0 Å². The Kier molecular flexibility index (Phi) is 33.8. The fourth-order valence-corrected chi connectivity index (χ4v) is 7.68. The number of rotatable bonds is 37. The van der Waals surface area contributed by atoms with Gasteiger partial charge in [-0.2, -0.15) is 0 Å². The maximum absolute atomic E-state index is 12.8. The second kappa shape index (κ2) is 36.3. The van der Waals surface area contributed by atoms with Crippen LogP contribution in [-0.2, 0) is 32.7 Å². The van der Waals surface area contributed by atoms with Gasteiger partial charge in [-0.25, -0.2) is 4.57 Å². The van der Waals surface area contributed by atoms with Gasteiger partial charge in [0.05, 0.1) is 6.61 Å². The smallest absolute Gasteiger partial charge is 0.462 e. The molecular formula is C46H81O13P. The van der Waals surface area contributed by atoms with Crippen LogP contribution in [0, 0.1) is 0 Å². The molecule has 60 heavy (non-hydrogen) atoms. The second-order valence-electron chi connectivity index (χ2n) is 15.9. The van der Waals surface area contributed by atoms with Gasteiger partial charge in [0.15, 0.2) is 6.10 Å². The molecule has 14 heteroatoms. The first-order chi connectivity index (χ1) is 28.9. The zero-order chi connectivity index (χ0) is 44.3. The summed E-state index contributed by atoms with van der Waals surface area (Å²) in [5.74, 6) is -1.13. The molecule has 0 aromatic heterocycles. The summed E-state index contributed by atoms with van der Waals surface area (Å²) in [4.78, 5) is 35.7. The van der Waals surface area contributed by atoms with Gasteiger partial charge in [-0.15, -0.1) is 0 Å². The Morgan fingerprint density at radius 1 is 0.533 bits per heavy atom. The quantitative estimate of drug-likeness (QED) is 0.0149.